The SMILES string of the molecule is CC(C)(C)OC(=O)OCO/N=[N+](\[O-])N1CCC[C@H]1C(=O)O. The molecule has 1 saturated heterocycles. The topological polar surface area (TPSA) is 124 Å². The number of hydrogen-bond donors (Lipinski definition) is 1. The highest BCUT2D eigenvalue weighted by molar-refractivity contribution is 5.73. The fraction of sp³-hybridized carbons (Fsp3) is 0.818. The fourth-order valence-corrected chi connectivity index (χ4v) is 1.68. The summed E-state index contributed by atoms with van der Waals surface area (Å²) in [6.07, 6.45) is -0.0304. The van der Waals surface area contributed by atoms with Crippen LogP contribution < -0.4 is 0 Å². The molecule has 0 unspecified atom stereocenters. The Balaban J connectivity index is 2.36. The minimum Gasteiger partial charge on any atom is -0.569 e. The number of carboxylic acid groups (broad SMARTS) is 1. The Kier molecular flexibility index (Phi) is 5.56. The van der Waals surface area contributed by atoms with Crippen molar-refractivity contribution < 1.29 is 34.0 Å². The van der Waals surface area contributed by atoms with Crippen molar-refractivity contribution in [2.45, 2.75) is 45.3 Å². The Morgan fingerprint density at radius 3 is 2.71 bits per heavy atom. The molecule has 1 aliphatic heterocycles. The average molecular weight is 305 g/mol. The number of ether oxygens (including phenoxy) is 2. The molecule has 21 heavy (non-hydrogen) atoms. The minimum atomic E-state index is -1.10. The van der Waals surface area contributed by atoms with Crippen LogP contribution in [0.3, 0.4) is 0 Å². The van der Waals surface area contributed by atoms with Gasteiger partial charge in [0.1, 0.15) is 5.60 Å². The summed E-state index contributed by atoms with van der Waals surface area (Å²) in [4.78, 5) is 26.6. The van der Waals surface area contributed by atoms with E-state index in [4.69, 9.17) is 9.84 Å². The smallest absolute Gasteiger partial charge is 0.511 e. The Labute approximate surface area is 121 Å². The molecule has 1 aliphatic rings. The highest BCUT2D eigenvalue weighted by atomic mass is 16.8. The highest BCUT2D eigenvalue weighted by Gasteiger charge is 2.36. The molecule has 1 fully saturated rings. The van der Waals surface area contributed by atoms with Gasteiger partial charge in [0.05, 0.1) is 11.5 Å². The van der Waals surface area contributed by atoms with E-state index in [1.165, 1.54) is 0 Å². The lowest BCUT2D eigenvalue weighted by Gasteiger charge is -2.18. The maximum Gasteiger partial charge on any atom is 0.511 e. The van der Waals surface area contributed by atoms with Gasteiger partial charge in [-0.2, -0.15) is 0 Å². The van der Waals surface area contributed by atoms with Gasteiger partial charge in [-0.3, -0.25) is 0 Å². The van der Waals surface area contributed by atoms with E-state index >= 15 is 0 Å². The highest BCUT2D eigenvalue weighted by Crippen LogP contribution is 2.17. The van der Waals surface area contributed by atoms with Crippen molar-refractivity contribution in [1.82, 2.24) is 5.01 Å². The van der Waals surface area contributed by atoms with E-state index in [2.05, 4.69) is 14.9 Å². The van der Waals surface area contributed by atoms with Gasteiger partial charge in [0.15, 0.2) is 6.04 Å². The van der Waals surface area contributed by atoms with Gasteiger partial charge in [0.2, 0.25) is 5.28 Å². The van der Waals surface area contributed by atoms with Gasteiger partial charge in [-0.25, -0.2) is 9.59 Å². The number of carbonyl (C=O) groups excluding carboxylic acids is 1. The summed E-state index contributed by atoms with van der Waals surface area (Å²) in [5.74, 6) is -1.10. The summed E-state index contributed by atoms with van der Waals surface area (Å²) in [5.41, 5.74) is -0.705. The monoisotopic (exact) mass is 305 g/mol. The average Bonchev–Trinajstić information content (AvgIpc) is 2.81. The zero-order chi connectivity index (χ0) is 16.0. The van der Waals surface area contributed by atoms with Gasteiger partial charge in [0.25, 0.3) is 6.79 Å². The number of carboxylic acids is 1. The van der Waals surface area contributed by atoms with Crippen molar-refractivity contribution in [3.8, 4) is 0 Å². The van der Waals surface area contributed by atoms with Crippen LogP contribution in [0.5, 0.6) is 0 Å². The summed E-state index contributed by atoms with van der Waals surface area (Å²) in [7, 11) is 0. The van der Waals surface area contributed by atoms with Crippen LogP contribution >= 0.6 is 0 Å². The lowest BCUT2D eigenvalue weighted by atomic mass is 10.2. The molecule has 1 atom stereocenters. The van der Waals surface area contributed by atoms with Crippen LogP contribution in [-0.4, -0.2) is 52.2 Å². The first-order valence-corrected chi connectivity index (χ1v) is 6.36. The van der Waals surface area contributed by atoms with E-state index in [0.717, 1.165) is 5.01 Å². The Bertz CT molecular complexity index is 419. The summed E-state index contributed by atoms with van der Waals surface area (Å²) >= 11 is 0. The van der Waals surface area contributed by atoms with E-state index < -0.39 is 30.6 Å². The molecule has 0 amide bonds. The first-order chi connectivity index (χ1) is 9.70. The number of carbonyl (C=O) groups is 2. The standard InChI is InChI=1S/C11H19N3O7/c1-11(2,3)21-10(17)19-7-20-12-14(18)13-6-4-5-8(13)9(15)16/h8H,4-7H2,1-3H3,(H,15,16)/b14-12-/t8-/m0/s1. The van der Waals surface area contributed by atoms with Crippen LogP contribution in [0.2, 0.25) is 0 Å². The van der Waals surface area contributed by atoms with Crippen molar-refractivity contribution in [2.24, 2.45) is 5.28 Å². The normalized spacial score (nSPS) is 19.3. The Morgan fingerprint density at radius 2 is 2.14 bits per heavy atom. The zero-order valence-electron chi connectivity index (χ0n) is 12.1. The second-order valence-electron chi connectivity index (χ2n) is 5.35. The molecule has 0 aromatic heterocycles. The van der Waals surface area contributed by atoms with E-state index in [0.29, 0.717) is 12.8 Å². The quantitative estimate of drug-likeness (QED) is 0.201. The van der Waals surface area contributed by atoms with Crippen LogP contribution in [0, 0.1) is 5.21 Å². The molecule has 0 saturated carbocycles. The van der Waals surface area contributed by atoms with E-state index in [-0.39, 0.29) is 11.5 Å². The molecule has 10 heteroatoms. The molecule has 0 bridgehead atoms. The number of hydrazine groups is 1. The number of nitrogens with zero attached hydrogens (tertiary/aromatic N) is 3. The number of rotatable bonds is 5. The summed E-state index contributed by atoms with van der Waals surface area (Å²) in [6, 6.07) is -0.929. The zero-order valence-corrected chi connectivity index (χ0v) is 12.1. The second-order valence-corrected chi connectivity index (χ2v) is 5.35. The summed E-state index contributed by atoms with van der Waals surface area (Å²) < 4.78 is 9.36. The van der Waals surface area contributed by atoms with Gasteiger partial charge < -0.3 is 24.6 Å². The predicted molar refractivity (Wildman–Crippen MR) is 66.7 cm³/mol. The van der Waals surface area contributed by atoms with Crippen LogP contribution in [-0.2, 0) is 19.1 Å². The van der Waals surface area contributed by atoms with Crippen LogP contribution in [0.4, 0.5) is 4.79 Å². The largest absolute Gasteiger partial charge is 0.569 e. The fourth-order valence-electron chi connectivity index (χ4n) is 1.68. The van der Waals surface area contributed by atoms with Crippen LogP contribution in [0.25, 0.3) is 0 Å². The summed E-state index contributed by atoms with van der Waals surface area (Å²) in [5, 5.41) is 24.6. The number of aliphatic carboxylic acids is 1. The van der Waals surface area contributed by atoms with E-state index in [1.807, 2.05) is 0 Å². The maximum atomic E-state index is 11.5. The molecule has 120 valence electrons. The van der Waals surface area contributed by atoms with Gasteiger partial charge in [-0.15, -0.1) is 5.01 Å². The lowest BCUT2D eigenvalue weighted by Crippen LogP contribution is -2.40. The lowest BCUT2D eigenvalue weighted by molar-refractivity contribution is -0.712. The molecular formula is C11H19N3O7. The molecule has 0 aromatic rings. The molecule has 0 spiro atoms. The third-order valence-electron chi connectivity index (χ3n) is 2.48. The molecule has 10 nitrogen and oxygen atoms in total. The Hall–Kier alpha value is -2.26. The molecule has 0 aliphatic carbocycles. The molecule has 1 heterocycles. The van der Waals surface area contributed by atoms with Crippen molar-refractivity contribution in [2.75, 3.05) is 13.3 Å². The second kappa shape index (κ2) is 6.95. The molecule has 0 aromatic carbocycles. The van der Waals surface area contributed by atoms with Crippen molar-refractivity contribution >= 4 is 12.1 Å². The van der Waals surface area contributed by atoms with Gasteiger partial charge in [-0.1, -0.05) is 0 Å². The van der Waals surface area contributed by atoms with E-state index in [9.17, 15) is 14.8 Å². The Morgan fingerprint density at radius 1 is 1.48 bits per heavy atom. The molecule has 1 N–H and O–H groups in total. The van der Waals surface area contributed by atoms with Crippen molar-refractivity contribution in [1.29, 1.82) is 0 Å². The summed E-state index contributed by atoms with van der Waals surface area (Å²) in [6.45, 7) is 4.65. The van der Waals surface area contributed by atoms with Gasteiger partial charge in [0, 0.05) is 0 Å². The molecule has 1 rings (SSSR count). The maximum absolute atomic E-state index is 11.5. The minimum absolute atomic E-state index is 0.0459. The van der Waals surface area contributed by atoms with Crippen molar-refractivity contribution in [3.63, 3.8) is 0 Å². The third kappa shape index (κ3) is 5.71. The first kappa shape index (κ1) is 16.8. The molecular weight excluding hydrogens is 286 g/mol. The van der Waals surface area contributed by atoms with Gasteiger partial charge in [-0.05, 0) is 33.6 Å². The van der Waals surface area contributed by atoms with Crippen LogP contribution in [0.1, 0.15) is 33.6 Å². The van der Waals surface area contributed by atoms with Crippen molar-refractivity contribution in [3.05, 3.63) is 5.21 Å². The van der Waals surface area contributed by atoms with Crippen LogP contribution in [0.15, 0.2) is 5.28 Å². The van der Waals surface area contributed by atoms with E-state index in [1.54, 1.807) is 20.8 Å². The predicted octanol–water partition coefficient (Wildman–Crippen LogP) is 1.25. The number of hydrogen-bond acceptors (Lipinski definition) is 7. The molecule has 0 radical (unpaired) electrons. The first-order valence-electron chi connectivity index (χ1n) is 6.36. The third-order valence-corrected chi connectivity index (χ3v) is 2.48. The van der Waals surface area contributed by atoms with Gasteiger partial charge >= 0.3 is 12.1 Å².